The molecular weight excluding hydrogens is 232 g/mol. The molecule has 0 aliphatic heterocycles. The van der Waals surface area contributed by atoms with Crippen molar-refractivity contribution in [2.24, 2.45) is 0 Å². The predicted molar refractivity (Wildman–Crippen MR) is 70.8 cm³/mol. The Hall–Kier alpha value is -0.943. The summed E-state index contributed by atoms with van der Waals surface area (Å²) in [5.41, 5.74) is 2.27. The van der Waals surface area contributed by atoms with E-state index in [2.05, 4.69) is 12.6 Å². The topological polar surface area (TPSA) is 27.7 Å². The van der Waals surface area contributed by atoms with Crippen molar-refractivity contribution in [1.29, 1.82) is 0 Å². The van der Waals surface area contributed by atoms with Gasteiger partial charge in [-0.15, -0.1) is 0 Å². The maximum Gasteiger partial charge on any atom is 0.386 e. The fourth-order valence-corrected chi connectivity index (χ4v) is 2.33. The van der Waals surface area contributed by atoms with E-state index in [9.17, 15) is 0 Å². The molecule has 17 heavy (non-hydrogen) atoms. The van der Waals surface area contributed by atoms with Crippen molar-refractivity contribution in [1.82, 2.24) is 0 Å². The Bertz CT molecular complexity index is 337. The minimum atomic E-state index is -1.13. The Labute approximate surface area is 105 Å². The first kappa shape index (κ1) is 14.1. The van der Waals surface area contributed by atoms with Crippen LogP contribution in [0.5, 0.6) is 0 Å². The molecule has 0 aliphatic carbocycles. The third-order valence-electron chi connectivity index (χ3n) is 2.36. The average Bonchev–Trinajstić information content (AvgIpc) is 2.39. The second-order valence-corrected chi connectivity index (χ2v) is 5.59. The highest BCUT2D eigenvalue weighted by Crippen LogP contribution is 2.08. The normalized spacial score (nSPS) is 10.8. The number of hydrogen-bond acceptors (Lipinski definition) is 3. The molecule has 0 bridgehead atoms. The smallest absolute Gasteiger partial charge is 0.386 e. The number of rotatable bonds is 8. The summed E-state index contributed by atoms with van der Waals surface area (Å²) >= 11 is 0. The Morgan fingerprint density at radius 2 is 2.06 bits per heavy atom. The van der Waals surface area contributed by atoms with Gasteiger partial charge in [-0.2, -0.15) is 0 Å². The fraction of sp³-hybridized carbons (Fsp3) is 0.385. The minimum absolute atomic E-state index is 0.615. The van der Waals surface area contributed by atoms with Crippen LogP contribution in [0.1, 0.15) is 11.1 Å². The largest absolute Gasteiger partial charge is 0.397 e. The molecule has 0 aliphatic rings. The monoisotopic (exact) mass is 251 g/mol. The zero-order chi connectivity index (χ0) is 12.5. The maximum absolute atomic E-state index is 5.58. The summed E-state index contributed by atoms with van der Waals surface area (Å²) in [6, 6.07) is 8.98. The molecule has 0 fully saturated rings. The van der Waals surface area contributed by atoms with Crippen LogP contribution in [0, 0.1) is 0 Å². The van der Waals surface area contributed by atoms with Gasteiger partial charge in [0.15, 0.2) is 0 Å². The Morgan fingerprint density at radius 3 is 2.71 bits per heavy atom. The Morgan fingerprint density at radius 1 is 1.29 bits per heavy atom. The van der Waals surface area contributed by atoms with Crippen LogP contribution < -0.4 is 0 Å². The summed E-state index contributed by atoms with van der Waals surface area (Å²) in [6.45, 7) is 5.02. The minimum Gasteiger partial charge on any atom is -0.397 e. The van der Waals surface area contributed by atoms with Gasteiger partial charge in [0.25, 0.3) is 0 Å². The molecule has 0 spiro atoms. The van der Waals surface area contributed by atoms with Gasteiger partial charge >= 0.3 is 9.28 Å². The van der Waals surface area contributed by atoms with Crippen molar-refractivity contribution in [2.45, 2.75) is 12.7 Å². The van der Waals surface area contributed by atoms with Gasteiger partial charge in [0, 0.05) is 26.9 Å². The molecule has 4 heteroatoms. The van der Waals surface area contributed by atoms with E-state index in [0.717, 1.165) is 17.2 Å². The molecule has 93 valence electrons. The van der Waals surface area contributed by atoms with Crippen LogP contribution in [-0.2, 0) is 20.2 Å². The summed E-state index contributed by atoms with van der Waals surface area (Å²) < 4.78 is 15.9. The Kier molecular flexibility index (Phi) is 6.80. The van der Waals surface area contributed by atoms with Crippen molar-refractivity contribution in [3.63, 3.8) is 0 Å². The van der Waals surface area contributed by atoms with Crippen LogP contribution in [0.2, 0.25) is 6.04 Å². The molecule has 0 saturated heterocycles. The molecule has 0 saturated carbocycles. The lowest BCUT2D eigenvalue weighted by atomic mass is 10.1. The molecule has 0 unspecified atom stereocenters. The molecule has 1 radical (unpaired) electrons. The summed E-state index contributed by atoms with van der Waals surface area (Å²) in [5.74, 6) is 0. The van der Waals surface area contributed by atoms with Crippen molar-refractivity contribution in [2.75, 3.05) is 20.8 Å². The van der Waals surface area contributed by atoms with Crippen LogP contribution in [0.4, 0.5) is 0 Å². The molecular formula is C13H19O3Si. The molecule has 0 aromatic heterocycles. The molecule has 1 rings (SSSR count). The van der Waals surface area contributed by atoms with E-state index in [1.54, 1.807) is 14.2 Å². The number of hydrogen-bond donors (Lipinski definition) is 0. The van der Waals surface area contributed by atoms with Gasteiger partial charge in [-0.25, -0.2) is 0 Å². The zero-order valence-electron chi connectivity index (χ0n) is 10.4. The summed E-state index contributed by atoms with van der Waals surface area (Å²) in [7, 11) is 2.21. The van der Waals surface area contributed by atoms with Crippen molar-refractivity contribution >= 4 is 15.4 Å². The summed E-state index contributed by atoms with van der Waals surface area (Å²) in [5, 5.41) is 0. The van der Waals surface area contributed by atoms with E-state index in [0.29, 0.717) is 13.2 Å². The molecule has 1 aromatic carbocycles. The van der Waals surface area contributed by atoms with Gasteiger partial charge in [0.2, 0.25) is 0 Å². The van der Waals surface area contributed by atoms with Gasteiger partial charge in [-0.3, -0.25) is 0 Å². The van der Waals surface area contributed by atoms with Gasteiger partial charge in [0.1, 0.15) is 0 Å². The molecule has 0 amide bonds. The first-order valence-corrected chi connectivity index (χ1v) is 7.05. The quantitative estimate of drug-likeness (QED) is 0.525. The number of ether oxygens (including phenoxy) is 1. The van der Waals surface area contributed by atoms with Crippen molar-refractivity contribution in [3.05, 3.63) is 42.0 Å². The standard InChI is InChI=1S/C13H19O3Si/c1-4-12-6-5-7-13(10-12)11-16-8-9-17(14-2)15-3/h4-7,10H,1,8-9,11H2,2-3H3. The summed E-state index contributed by atoms with van der Waals surface area (Å²) in [6.07, 6.45) is 1.83. The molecule has 0 heterocycles. The SMILES string of the molecule is C=Cc1cccc(COCC[Si](OC)OC)c1. The van der Waals surface area contributed by atoms with Crippen molar-refractivity contribution < 1.29 is 13.6 Å². The lowest BCUT2D eigenvalue weighted by Crippen LogP contribution is -2.20. The van der Waals surface area contributed by atoms with Gasteiger partial charge in [0.05, 0.1) is 6.61 Å². The van der Waals surface area contributed by atoms with E-state index in [1.165, 1.54) is 0 Å². The molecule has 0 atom stereocenters. The van der Waals surface area contributed by atoms with Crippen molar-refractivity contribution in [3.8, 4) is 0 Å². The molecule has 1 aromatic rings. The number of benzene rings is 1. The zero-order valence-corrected chi connectivity index (χ0v) is 11.4. The van der Waals surface area contributed by atoms with E-state index in [-0.39, 0.29) is 0 Å². The highest BCUT2D eigenvalue weighted by atomic mass is 28.3. The summed E-state index contributed by atoms with van der Waals surface area (Å²) in [4.78, 5) is 0. The molecule has 3 nitrogen and oxygen atoms in total. The predicted octanol–water partition coefficient (Wildman–Crippen LogP) is 2.63. The third-order valence-corrected chi connectivity index (χ3v) is 3.88. The van der Waals surface area contributed by atoms with Gasteiger partial charge in [-0.05, 0) is 17.2 Å². The fourth-order valence-electron chi connectivity index (χ4n) is 1.44. The lowest BCUT2D eigenvalue weighted by molar-refractivity contribution is 0.126. The second kappa shape index (κ2) is 8.19. The van der Waals surface area contributed by atoms with Crippen LogP contribution in [0.3, 0.4) is 0 Å². The highest BCUT2D eigenvalue weighted by Gasteiger charge is 2.10. The van der Waals surface area contributed by atoms with Crippen LogP contribution in [0.25, 0.3) is 6.08 Å². The second-order valence-electron chi connectivity index (χ2n) is 3.53. The van der Waals surface area contributed by atoms with Crippen LogP contribution >= 0.6 is 0 Å². The Balaban J connectivity index is 2.28. The first-order chi connectivity index (χ1) is 8.30. The van der Waals surface area contributed by atoms with Gasteiger partial charge < -0.3 is 13.6 Å². The first-order valence-electron chi connectivity index (χ1n) is 5.53. The van der Waals surface area contributed by atoms with Gasteiger partial charge in [-0.1, -0.05) is 30.9 Å². The van der Waals surface area contributed by atoms with Crippen LogP contribution in [-0.4, -0.2) is 30.1 Å². The third kappa shape index (κ3) is 5.28. The highest BCUT2D eigenvalue weighted by molar-refractivity contribution is 6.44. The van der Waals surface area contributed by atoms with E-state index >= 15 is 0 Å². The van der Waals surface area contributed by atoms with E-state index < -0.39 is 9.28 Å². The molecule has 0 N–H and O–H groups in total. The average molecular weight is 251 g/mol. The maximum atomic E-state index is 5.58. The van der Waals surface area contributed by atoms with E-state index in [4.69, 9.17) is 13.6 Å². The lowest BCUT2D eigenvalue weighted by Gasteiger charge is -2.09. The van der Waals surface area contributed by atoms with E-state index in [1.807, 2.05) is 24.3 Å². The van der Waals surface area contributed by atoms with Crippen LogP contribution in [0.15, 0.2) is 30.8 Å².